The number of hydrogen-bond donors (Lipinski definition) is 0. The lowest BCUT2D eigenvalue weighted by Crippen LogP contribution is -1.94. The smallest absolute Gasteiger partial charge is 0.134 e. The second kappa shape index (κ2) is 4.46. The predicted molar refractivity (Wildman–Crippen MR) is 69.3 cm³/mol. The third kappa shape index (κ3) is 2.55. The zero-order valence-corrected chi connectivity index (χ0v) is 11.7. The summed E-state index contributed by atoms with van der Waals surface area (Å²) in [4.78, 5) is 10.1. The predicted octanol–water partition coefficient (Wildman–Crippen LogP) is 4.17. The van der Waals surface area contributed by atoms with Crippen molar-refractivity contribution in [3.63, 3.8) is 0 Å². The lowest BCUT2D eigenvalue weighted by Gasteiger charge is -2.03. The van der Waals surface area contributed by atoms with Gasteiger partial charge in [-0.05, 0) is 41.8 Å². The summed E-state index contributed by atoms with van der Waals surface area (Å²) in [7, 11) is 0. The van der Waals surface area contributed by atoms with E-state index in [1.165, 1.54) is 12.8 Å². The van der Waals surface area contributed by atoms with Gasteiger partial charge in [0.05, 0.1) is 11.2 Å². The fourth-order valence-corrected chi connectivity index (χ4v) is 2.98. The Morgan fingerprint density at radius 3 is 2.88 bits per heavy atom. The number of nitrogens with zero attached hydrogens (tertiary/aromatic N) is 2. The maximum absolute atomic E-state index is 5.28. The molecule has 0 bridgehead atoms. The highest BCUT2D eigenvalue weighted by atomic mass is 79.9. The van der Waals surface area contributed by atoms with Gasteiger partial charge in [-0.1, -0.05) is 11.8 Å². The zero-order valence-electron chi connectivity index (χ0n) is 9.31. The summed E-state index contributed by atoms with van der Waals surface area (Å²) in [5.41, 5.74) is 0. The molecule has 1 aliphatic carbocycles. The van der Waals surface area contributed by atoms with E-state index >= 15 is 0 Å². The monoisotopic (exact) mass is 310 g/mol. The summed E-state index contributed by atoms with van der Waals surface area (Å²) < 4.78 is 6.14. The topological polar surface area (TPSA) is 38.9 Å². The van der Waals surface area contributed by atoms with E-state index in [-0.39, 0.29) is 0 Å². The van der Waals surface area contributed by atoms with E-state index in [2.05, 4.69) is 25.9 Å². The molecule has 5 heteroatoms. The third-order valence-corrected chi connectivity index (χ3v) is 4.12. The number of aromatic nitrogens is 2. The molecule has 2 heterocycles. The Morgan fingerprint density at radius 2 is 2.24 bits per heavy atom. The average Bonchev–Trinajstić information content (AvgIpc) is 3.05. The van der Waals surface area contributed by atoms with Crippen LogP contribution in [0.3, 0.4) is 0 Å². The lowest BCUT2D eigenvalue weighted by molar-refractivity contribution is 0.527. The highest BCUT2D eigenvalue weighted by Crippen LogP contribution is 2.40. The van der Waals surface area contributed by atoms with Crippen molar-refractivity contribution in [2.24, 2.45) is 0 Å². The van der Waals surface area contributed by atoms with Crippen molar-refractivity contribution in [3.8, 4) is 0 Å². The highest BCUT2D eigenvalue weighted by molar-refractivity contribution is 9.10. The molecule has 3 nitrogen and oxygen atoms in total. The Balaban J connectivity index is 1.89. The van der Waals surface area contributed by atoms with Crippen molar-refractivity contribution in [2.45, 2.75) is 35.6 Å². The van der Waals surface area contributed by atoms with Crippen molar-refractivity contribution >= 4 is 27.7 Å². The summed E-state index contributed by atoms with van der Waals surface area (Å²) >= 11 is 5.06. The molecule has 0 saturated heterocycles. The van der Waals surface area contributed by atoms with Gasteiger partial charge in [0.2, 0.25) is 0 Å². The second-order valence-electron chi connectivity index (χ2n) is 4.10. The van der Waals surface area contributed by atoms with Crippen LogP contribution in [0, 0.1) is 6.92 Å². The summed E-state index contributed by atoms with van der Waals surface area (Å²) in [6.07, 6.45) is 4.13. The van der Waals surface area contributed by atoms with Crippen molar-refractivity contribution in [3.05, 3.63) is 34.6 Å². The summed E-state index contributed by atoms with van der Waals surface area (Å²) in [5, 5.41) is 0.971. The first kappa shape index (κ1) is 11.3. The molecule has 1 aliphatic rings. The SMILES string of the molecule is Cc1occc1Sc1cc(Br)nc(C2CC2)n1. The number of rotatable bonds is 3. The van der Waals surface area contributed by atoms with Gasteiger partial charge in [0, 0.05) is 12.0 Å². The highest BCUT2D eigenvalue weighted by Gasteiger charge is 2.27. The fourth-order valence-electron chi connectivity index (χ4n) is 1.58. The minimum Gasteiger partial charge on any atom is -0.468 e. The van der Waals surface area contributed by atoms with Gasteiger partial charge < -0.3 is 4.42 Å². The van der Waals surface area contributed by atoms with Gasteiger partial charge in [-0.2, -0.15) is 0 Å². The number of aryl methyl sites for hydroxylation is 1. The Kier molecular flexibility index (Phi) is 2.96. The summed E-state index contributed by atoms with van der Waals surface area (Å²) in [6.45, 7) is 1.96. The van der Waals surface area contributed by atoms with E-state index in [4.69, 9.17) is 4.42 Å². The molecule has 2 aromatic rings. The van der Waals surface area contributed by atoms with E-state index in [0.717, 1.165) is 26.1 Å². The van der Waals surface area contributed by atoms with Crippen LogP contribution in [-0.4, -0.2) is 9.97 Å². The van der Waals surface area contributed by atoms with Crippen molar-refractivity contribution in [2.75, 3.05) is 0 Å². The molecule has 0 N–H and O–H groups in total. The molecule has 0 unspecified atom stereocenters. The Hall–Kier alpha value is -0.810. The first-order chi connectivity index (χ1) is 8.22. The quantitative estimate of drug-likeness (QED) is 0.798. The second-order valence-corrected chi connectivity index (χ2v) is 5.98. The molecule has 88 valence electrons. The van der Waals surface area contributed by atoms with Crippen LogP contribution in [0.4, 0.5) is 0 Å². The van der Waals surface area contributed by atoms with Gasteiger partial charge in [0.25, 0.3) is 0 Å². The standard InChI is InChI=1S/C12H11BrN2OS/c1-7-9(4-5-16-7)17-11-6-10(13)14-12(15-11)8-2-3-8/h4-6,8H,2-3H2,1H3. The first-order valence-electron chi connectivity index (χ1n) is 5.49. The molecule has 0 aromatic carbocycles. The molecule has 0 spiro atoms. The van der Waals surface area contributed by atoms with Gasteiger partial charge in [-0.3, -0.25) is 0 Å². The minimum atomic E-state index is 0.567. The zero-order chi connectivity index (χ0) is 11.8. The minimum absolute atomic E-state index is 0.567. The van der Waals surface area contributed by atoms with E-state index in [1.54, 1.807) is 18.0 Å². The molecule has 0 radical (unpaired) electrons. The van der Waals surface area contributed by atoms with Crippen molar-refractivity contribution in [1.82, 2.24) is 9.97 Å². The van der Waals surface area contributed by atoms with Crippen molar-refractivity contribution in [1.29, 1.82) is 0 Å². The molecule has 3 rings (SSSR count). The molecular weight excluding hydrogens is 300 g/mol. The van der Waals surface area contributed by atoms with E-state index < -0.39 is 0 Å². The molecule has 0 atom stereocenters. The summed E-state index contributed by atoms with van der Waals surface area (Å²) in [5.74, 6) is 2.46. The van der Waals surface area contributed by atoms with E-state index in [9.17, 15) is 0 Å². The molecule has 17 heavy (non-hydrogen) atoms. The maximum Gasteiger partial charge on any atom is 0.134 e. The molecule has 1 saturated carbocycles. The normalized spacial score (nSPS) is 15.2. The molecule has 0 amide bonds. The largest absolute Gasteiger partial charge is 0.468 e. The maximum atomic E-state index is 5.28. The van der Waals surface area contributed by atoms with Gasteiger partial charge in [-0.25, -0.2) is 9.97 Å². The molecule has 2 aromatic heterocycles. The summed E-state index contributed by atoms with van der Waals surface area (Å²) in [6, 6.07) is 3.91. The van der Waals surface area contributed by atoms with Crippen LogP contribution in [0.25, 0.3) is 0 Å². The van der Waals surface area contributed by atoms with Crippen LogP contribution >= 0.6 is 27.7 Å². The molecule has 0 aliphatic heterocycles. The Morgan fingerprint density at radius 1 is 1.41 bits per heavy atom. The van der Waals surface area contributed by atoms with Gasteiger partial charge in [0.15, 0.2) is 0 Å². The van der Waals surface area contributed by atoms with Crippen LogP contribution in [0.15, 0.2) is 37.3 Å². The lowest BCUT2D eigenvalue weighted by atomic mass is 10.4. The first-order valence-corrected chi connectivity index (χ1v) is 7.10. The van der Waals surface area contributed by atoms with E-state index in [0.29, 0.717) is 5.92 Å². The molecule has 1 fully saturated rings. The number of furan rings is 1. The van der Waals surface area contributed by atoms with Crippen LogP contribution in [-0.2, 0) is 0 Å². The van der Waals surface area contributed by atoms with Crippen LogP contribution < -0.4 is 0 Å². The third-order valence-electron chi connectivity index (χ3n) is 2.66. The van der Waals surface area contributed by atoms with Gasteiger partial charge in [0.1, 0.15) is 21.2 Å². The fraction of sp³-hybridized carbons (Fsp3) is 0.333. The Labute approximate surface area is 112 Å². The molecular formula is C12H11BrN2OS. The average molecular weight is 311 g/mol. The van der Waals surface area contributed by atoms with Crippen molar-refractivity contribution < 1.29 is 4.42 Å². The van der Waals surface area contributed by atoms with E-state index in [1.807, 2.05) is 19.1 Å². The van der Waals surface area contributed by atoms with Crippen LogP contribution in [0.2, 0.25) is 0 Å². The van der Waals surface area contributed by atoms with Crippen LogP contribution in [0.1, 0.15) is 30.3 Å². The van der Waals surface area contributed by atoms with Gasteiger partial charge >= 0.3 is 0 Å². The number of hydrogen-bond acceptors (Lipinski definition) is 4. The number of halogens is 1. The Bertz CT molecular complexity index is 551. The van der Waals surface area contributed by atoms with Gasteiger partial charge in [-0.15, -0.1) is 0 Å². The van der Waals surface area contributed by atoms with Crippen LogP contribution in [0.5, 0.6) is 0 Å².